The molecule has 0 bridgehead atoms. The molecule has 1 N–H and O–H groups in total. The van der Waals surface area contributed by atoms with Gasteiger partial charge in [0, 0.05) is 18.1 Å². The fraction of sp³-hybridized carbons (Fsp3) is 0.333. The first-order chi connectivity index (χ1) is 7.59. The van der Waals surface area contributed by atoms with E-state index < -0.39 is 0 Å². The Kier molecular flexibility index (Phi) is 2.64. The topological polar surface area (TPSA) is 49.9 Å². The van der Waals surface area contributed by atoms with Gasteiger partial charge in [-0.15, -0.1) is 0 Å². The molecule has 2 aromatic rings. The van der Waals surface area contributed by atoms with E-state index in [2.05, 4.69) is 5.27 Å². The number of aromatic amines is 1. The lowest BCUT2D eigenvalue weighted by atomic mass is 10.1. The van der Waals surface area contributed by atoms with E-state index in [0.717, 1.165) is 5.69 Å². The summed E-state index contributed by atoms with van der Waals surface area (Å²) in [5, 5.41) is 2.62. The second-order valence-electron chi connectivity index (χ2n) is 4.19. The van der Waals surface area contributed by atoms with Gasteiger partial charge in [-0.2, -0.15) is 0 Å². The van der Waals surface area contributed by atoms with E-state index in [1.165, 1.54) is 5.56 Å². The highest BCUT2D eigenvalue weighted by Gasteiger charge is 2.25. The number of rotatable bonds is 2. The van der Waals surface area contributed by atoms with Gasteiger partial charge in [0.15, 0.2) is 0 Å². The molecule has 0 aliphatic heterocycles. The summed E-state index contributed by atoms with van der Waals surface area (Å²) in [5.74, 6) is 0.115. The van der Waals surface area contributed by atoms with Gasteiger partial charge in [-0.3, -0.25) is 4.52 Å². The molecule has 84 valence electrons. The first kappa shape index (κ1) is 10.7. The van der Waals surface area contributed by atoms with Crippen LogP contribution in [0.4, 0.5) is 0 Å². The highest BCUT2D eigenvalue weighted by atomic mass is 16.5. The van der Waals surface area contributed by atoms with E-state index in [1.807, 2.05) is 45.0 Å². The number of benzene rings is 1. The molecule has 0 saturated carbocycles. The predicted octanol–water partition coefficient (Wildman–Crippen LogP) is 1.68. The van der Waals surface area contributed by atoms with Crippen molar-refractivity contribution in [2.24, 2.45) is 0 Å². The van der Waals surface area contributed by atoms with Crippen molar-refractivity contribution in [1.29, 1.82) is 0 Å². The number of nitrogens with zero attached hydrogens (tertiary/aromatic N) is 1. The third kappa shape index (κ3) is 1.78. The lowest BCUT2D eigenvalue weighted by Crippen LogP contribution is -2.39. The Morgan fingerprint density at radius 2 is 1.88 bits per heavy atom. The van der Waals surface area contributed by atoms with Crippen LogP contribution in [0.5, 0.6) is 0 Å². The van der Waals surface area contributed by atoms with Gasteiger partial charge in [-0.05, 0) is 16.9 Å². The predicted molar refractivity (Wildman–Crippen MR) is 59.7 cm³/mol. The molecule has 0 radical (unpaired) electrons. The Bertz CT molecular complexity index is 535. The minimum Gasteiger partial charge on any atom is -0.283 e. The summed E-state index contributed by atoms with van der Waals surface area (Å²) in [6, 6.07) is 7.90. The van der Waals surface area contributed by atoms with Crippen molar-refractivity contribution < 1.29 is 9.20 Å². The van der Waals surface area contributed by atoms with Crippen molar-refractivity contribution >= 4 is 0 Å². The van der Waals surface area contributed by atoms with Crippen molar-refractivity contribution in [2.45, 2.75) is 26.7 Å². The van der Waals surface area contributed by atoms with Crippen LogP contribution in [0.15, 0.2) is 33.6 Å². The summed E-state index contributed by atoms with van der Waals surface area (Å²) in [4.78, 5) is 11.5. The quantitative estimate of drug-likeness (QED) is 0.781. The molecule has 1 heterocycles. The highest BCUT2D eigenvalue weighted by molar-refractivity contribution is 5.26. The third-order valence-electron chi connectivity index (χ3n) is 2.52. The molecule has 4 heteroatoms. The highest BCUT2D eigenvalue weighted by Crippen LogP contribution is 2.08. The average molecular weight is 219 g/mol. The number of hydrogen-bond donors (Lipinski definition) is 1. The molecule has 4 nitrogen and oxygen atoms in total. The summed E-state index contributed by atoms with van der Waals surface area (Å²) in [6.07, 6.45) is 0. The Balaban J connectivity index is 2.56. The molecule has 16 heavy (non-hydrogen) atoms. The maximum atomic E-state index is 11.5. The molecular formula is C12H15N2O2+. The molecule has 1 aromatic carbocycles. The minimum atomic E-state index is -0.310. The molecule has 0 amide bonds. The van der Waals surface area contributed by atoms with E-state index in [1.54, 1.807) is 4.68 Å². The Morgan fingerprint density at radius 1 is 1.25 bits per heavy atom. The number of H-pyrrole nitrogens is 1. The number of hydrogen-bond acceptors (Lipinski definition) is 2. The summed E-state index contributed by atoms with van der Waals surface area (Å²) < 4.78 is 6.51. The number of nitrogens with one attached hydrogen (secondary N) is 1. The van der Waals surface area contributed by atoms with E-state index in [0.29, 0.717) is 5.69 Å². The fourth-order valence-electron chi connectivity index (χ4n) is 1.66. The van der Waals surface area contributed by atoms with Crippen LogP contribution >= 0.6 is 0 Å². The molecule has 0 aliphatic rings. The van der Waals surface area contributed by atoms with Gasteiger partial charge in [0.2, 0.25) is 5.69 Å². The number of aryl methyl sites for hydroxylation is 1. The normalized spacial score (nSPS) is 11.0. The fourth-order valence-corrected chi connectivity index (χ4v) is 1.66. The third-order valence-corrected chi connectivity index (χ3v) is 2.52. The lowest BCUT2D eigenvalue weighted by Gasteiger charge is -1.96. The zero-order valence-electron chi connectivity index (χ0n) is 9.65. The molecule has 0 saturated heterocycles. The maximum Gasteiger partial charge on any atom is 0.430 e. The van der Waals surface area contributed by atoms with Crippen LogP contribution in [0.1, 0.15) is 31.0 Å². The molecule has 0 unspecified atom stereocenters. The molecule has 2 rings (SSSR count). The van der Waals surface area contributed by atoms with E-state index >= 15 is 0 Å². The van der Waals surface area contributed by atoms with Gasteiger partial charge >= 0.3 is 11.3 Å². The summed E-state index contributed by atoms with van der Waals surface area (Å²) in [7, 11) is 0. The second kappa shape index (κ2) is 3.96. The Morgan fingerprint density at radius 3 is 2.44 bits per heavy atom. The lowest BCUT2D eigenvalue weighted by molar-refractivity contribution is -0.678. The molecule has 1 aromatic heterocycles. The second-order valence-corrected chi connectivity index (χ2v) is 4.19. The first-order valence-electron chi connectivity index (χ1n) is 5.30. The smallest absolute Gasteiger partial charge is 0.283 e. The van der Waals surface area contributed by atoms with Crippen molar-refractivity contribution in [1.82, 2.24) is 5.27 Å². The van der Waals surface area contributed by atoms with Crippen LogP contribution < -0.4 is 10.3 Å². The van der Waals surface area contributed by atoms with Crippen LogP contribution in [0.25, 0.3) is 5.69 Å². The van der Waals surface area contributed by atoms with Crippen LogP contribution in [0.3, 0.4) is 0 Å². The van der Waals surface area contributed by atoms with Crippen molar-refractivity contribution in [2.75, 3.05) is 0 Å². The summed E-state index contributed by atoms with van der Waals surface area (Å²) in [6.45, 7) is 5.95. The molecular weight excluding hydrogens is 204 g/mol. The van der Waals surface area contributed by atoms with E-state index in [4.69, 9.17) is 4.52 Å². The maximum absolute atomic E-state index is 11.5. The van der Waals surface area contributed by atoms with Crippen LogP contribution in [0, 0.1) is 6.92 Å². The zero-order valence-corrected chi connectivity index (χ0v) is 9.65. The van der Waals surface area contributed by atoms with Crippen molar-refractivity contribution in [3.63, 3.8) is 0 Å². The first-order valence-corrected chi connectivity index (χ1v) is 5.30. The van der Waals surface area contributed by atoms with Crippen LogP contribution in [-0.4, -0.2) is 5.27 Å². The molecule has 0 spiro atoms. The summed E-state index contributed by atoms with van der Waals surface area (Å²) >= 11 is 0. The summed E-state index contributed by atoms with van der Waals surface area (Å²) in [5.41, 5.74) is 2.40. The van der Waals surface area contributed by atoms with Crippen molar-refractivity contribution in [3.05, 3.63) is 45.9 Å². The van der Waals surface area contributed by atoms with Gasteiger partial charge in [-0.1, -0.05) is 31.5 Å². The molecule has 0 aliphatic carbocycles. The van der Waals surface area contributed by atoms with Gasteiger partial charge in [0.05, 0.1) is 0 Å². The number of aromatic nitrogens is 2. The van der Waals surface area contributed by atoms with Gasteiger partial charge in [0.25, 0.3) is 0 Å². The molecule has 0 fully saturated rings. The van der Waals surface area contributed by atoms with E-state index in [-0.39, 0.29) is 11.5 Å². The standard InChI is InChI=1S/C12H14N2O2/c1-8(2)11-12(15)16-13-14(11)10-6-4-9(3)5-7-10/h4-8H,1-3H3/p+1. The molecule has 0 atom stereocenters. The Hall–Kier alpha value is -1.84. The minimum absolute atomic E-state index is 0.115. The van der Waals surface area contributed by atoms with Crippen molar-refractivity contribution in [3.8, 4) is 5.69 Å². The Labute approximate surface area is 93.5 Å². The zero-order chi connectivity index (χ0) is 11.7. The largest absolute Gasteiger partial charge is 0.430 e. The van der Waals surface area contributed by atoms with Crippen LogP contribution in [-0.2, 0) is 0 Å². The van der Waals surface area contributed by atoms with Gasteiger partial charge in [0.1, 0.15) is 0 Å². The van der Waals surface area contributed by atoms with Crippen LogP contribution in [0.2, 0.25) is 0 Å². The monoisotopic (exact) mass is 219 g/mol. The van der Waals surface area contributed by atoms with Gasteiger partial charge < -0.3 is 0 Å². The average Bonchev–Trinajstić information content (AvgIpc) is 2.61. The van der Waals surface area contributed by atoms with E-state index in [9.17, 15) is 4.79 Å². The van der Waals surface area contributed by atoms with Gasteiger partial charge in [-0.25, -0.2) is 4.79 Å². The SMILES string of the molecule is Cc1ccc(-[n+]2[nH]oc(=O)c2C(C)C)cc1.